The van der Waals surface area contributed by atoms with Crippen LogP contribution in [0.1, 0.15) is 29.5 Å². The van der Waals surface area contributed by atoms with E-state index in [9.17, 15) is 28.0 Å². The van der Waals surface area contributed by atoms with Crippen molar-refractivity contribution in [3.05, 3.63) is 76.5 Å². The number of allylic oxidation sites excluding steroid dienone is 2. The summed E-state index contributed by atoms with van der Waals surface area (Å²) in [5, 5.41) is 23.4. The third-order valence-corrected chi connectivity index (χ3v) is 4.90. The molecule has 0 spiro atoms. The van der Waals surface area contributed by atoms with Crippen molar-refractivity contribution in [2.75, 3.05) is 5.32 Å². The number of nitrogens with zero attached hydrogens (tertiary/aromatic N) is 2. The van der Waals surface area contributed by atoms with Gasteiger partial charge in [0.05, 0.1) is 28.8 Å². The summed E-state index contributed by atoms with van der Waals surface area (Å²) in [6.07, 6.45) is -4.60. The Morgan fingerprint density at radius 3 is 2.35 bits per heavy atom. The quantitative estimate of drug-likeness (QED) is 0.730. The lowest BCUT2D eigenvalue weighted by atomic mass is 9.76. The molecule has 0 fully saturated rings. The molecule has 1 heterocycles. The van der Waals surface area contributed by atoms with Crippen molar-refractivity contribution < 1.29 is 22.8 Å². The summed E-state index contributed by atoms with van der Waals surface area (Å²) in [7, 11) is 0. The van der Waals surface area contributed by atoms with E-state index in [1.807, 2.05) is 12.1 Å². The summed E-state index contributed by atoms with van der Waals surface area (Å²) >= 11 is 0. The van der Waals surface area contributed by atoms with Crippen molar-refractivity contribution in [1.29, 1.82) is 10.5 Å². The number of hydrogen-bond acceptors (Lipinski definition) is 4. The number of hydrogen-bond donors (Lipinski definition) is 2. The highest BCUT2D eigenvalue weighted by molar-refractivity contribution is 6.09. The Balaban J connectivity index is 2.00. The number of carbonyl (C=O) groups excluding carboxylic acids is 2. The standard InChI is InChI=1S/C22H15F3N4O2/c1-12-17(11-27)18(14-7-5-13(10-26)6-8-14)19(20(30)28-12)21(31)29-16-4-2-3-15(9-16)22(23,24)25/h2-9,18-19H,1H3,(H,28,30)(H,29,31). The highest BCUT2D eigenvalue weighted by Gasteiger charge is 2.42. The SMILES string of the molecule is CC1=C(C#N)C(c2ccc(C#N)cc2)C(C(=O)Nc2cccc(C(F)(F)F)c2)C(=O)N1. The van der Waals surface area contributed by atoms with E-state index in [-0.39, 0.29) is 17.0 Å². The molecule has 2 unspecified atom stereocenters. The lowest BCUT2D eigenvalue weighted by Crippen LogP contribution is -2.45. The molecule has 9 heteroatoms. The third kappa shape index (κ3) is 4.41. The predicted octanol–water partition coefficient (Wildman–Crippen LogP) is 3.84. The van der Waals surface area contributed by atoms with Gasteiger partial charge in [-0.3, -0.25) is 9.59 Å². The van der Waals surface area contributed by atoms with Crippen LogP contribution in [0.2, 0.25) is 0 Å². The molecule has 0 radical (unpaired) electrons. The van der Waals surface area contributed by atoms with E-state index < -0.39 is 35.4 Å². The number of nitrogens with one attached hydrogen (secondary N) is 2. The van der Waals surface area contributed by atoms with Gasteiger partial charge in [0, 0.05) is 17.3 Å². The number of alkyl halides is 3. The van der Waals surface area contributed by atoms with Crippen LogP contribution in [0.5, 0.6) is 0 Å². The topological polar surface area (TPSA) is 106 Å². The fourth-order valence-corrected chi connectivity index (χ4v) is 3.42. The van der Waals surface area contributed by atoms with Crippen molar-refractivity contribution in [3.8, 4) is 12.1 Å². The maximum atomic E-state index is 13.0. The van der Waals surface area contributed by atoms with Crippen molar-refractivity contribution in [2.24, 2.45) is 5.92 Å². The van der Waals surface area contributed by atoms with E-state index in [0.29, 0.717) is 11.1 Å². The van der Waals surface area contributed by atoms with Gasteiger partial charge in [0.1, 0.15) is 5.92 Å². The number of rotatable bonds is 3. The van der Waals surface area contributed by atoms with Crippen LogP contribution >= 0.6 is 0 Å². The van der Waals surface area contributed by atoms with Crippen molar-refractivity contribution in [1.82, 2.24) is 5.32 Å². The lowest BCUT2D eigenvalue weighted by molar-refractivity contribution is -0.138. The summed E-state index contributed by atoms with van der Waals surface area (Å²) in [4.78, 5) is 25.7. The Hall–Kier alpha value is -4.11. The van der Waals surface area contributed by atoms with Crippen LogP contribution < -0.4 is 10.6 Å². The molecule has 0 aromatic heterocycles. The number of nitriles is 2. The molecule has 0 saturated carbocycles. The monoisotopic (exact) mass is 424 g/mol. The van der Waals surface area contributed by atoms with Crippen LogP contribution in [0, 0.1) is 28.6 Å². The molecular weight excluding hydrogens is 409 g/mol. The molecular formula is C22H15F3N4O2. The number of benzene rings is 2. The molecule has 1 aliphatic rings. The molecule has 2 aromatic rings. The minimum absolute atomic E-state index is 0.129. The molecule has 1 aliphatic heterocycles. The van der Waals surface area contributed by atoms with Gasteiger partial charge in [-0.05, 0) is 42.8 Å². The molecule has 2 atom stereocenters. The van der Waals surface area contributed by atoms with Crippen molar-refractivity contribution in [3.63, 3.8) is 0 Å². The van der Waals surface area contributed by atoms with Crippen LogP contribution in [-0.2, 0) is 15.8 Å². The van der Waals surface area contributed by atoms with Crippen LogP contribution in [-0.4, -0.2) is 11.8 Å². The van der Waals surface area contributed by atoms with Gasteiger partial charge < -0.3 is 10.6 Å². The first-order valence-corrected chi connectivity index (χ1v) is 9.05. The zero-order chi connectivity index (χ0) is 22.8. The van der Waals surface area contributed by atoms with E-state index in [0.717, 1.165) is 18.2 Å². The molecule has 2 amide bonds. The van der Waals surface area contributed by atoms with Crippen LogP contribution in [0.15, 0.2) is 59.8 Å². The second kappa shape index (κ2) is 8.33. The number of carbonyl (C=O) groups is 2. The van der Waals surface area contributed by atoms with Crippen molar-refractivity contribution in [2.45, 2.75) is 19.0 Å². The second-order valence-electron chi connectivity index (χ2n) is 6.90. The Bertz CT molecular complexity index is 1160. The van der Waals surface area contributed by atoms with E-state index in [1.165, 1.54) is 37.3 Å². The molecule has 2 aromatic carbocycles. The average molecular weight is 424 g/mol. The van der Waals surface area contributed by atoms with Gasteiger partial charge in [-0.25, -0.2) is 0 Å². The summed E-state index contributed by atoms with van der Waals surface area (Å²) in [5.41, 5.74) is 0.159. The maximum Gasteiger partial charge on any atom is 0.416 e. The molecule has 6 nitrogen and oxygen atoms in total. The predicted molar refractivity (Wildman–Crippen MR) is 104 cm³/mol. The Morgan fingerprint density at radius 2 is 1.77 bits per heavy atom. The van der Waals surface area contributed by atoms with Crippen LogP contribution in [0.3, 0.4) is 0 Å². The fraction of sp³-hybridized carbons (Fsp3) is 0.182. The summed E-state index contributed by atoms with van der Waals surface area (Å²) < 4.78 is 38.9. The fourth-order valence-electron chi connectivity index (χ4n) is 3.42. The van der Waals surface area contributed by atoms with Gasteiger partial charge in [0.25, 0.3) is 0 Å². The van der Waals surface area contributed by atoms with Gasteiger partial charge >= 0.3 is 6.18 Å². The smallest absolute Gasteiger partial charge is 0.328 e. The third-order valence-electron chi connectivity index (χ3n) is 4.90. The Morgan fingerprint density at radius 1 is 1.10 bits per heavy atom. The first kappa shape index (κ1) is 21.6. The highest BCUT2D eigenvalue weighted by Crippen LogP contribution is 2.38. The van der Waals surface area contributed by atoms with Gasteiger partial charge in [-0.2, -0.15) is 23.7 Å². The van der Waals surface area contributed by atoms with Gasteiger partial charge in [0.15, 0.2) is 0 Å². The average Bonchev–Trinajstić information content (AvgIpc) is 2.72. The molecule has 156 valence electrons. The van der Waals surface area contributed by atoms with Crippen LogP contribution in [0.4, 0.5) is 18.9 Å². The first-order valence-electron chi connectivity index (χ1n) is 9.05. The van der Waals surface area contributed by atoms with Crippen LogP contribution in [0.25, 0.3) is 0 Å². The van der Waals surface area contributed by atoms with E-state index in [4.69, 9.17) is 5.26 Å². The molecule has 2 N–H and O–H groups in total. The molecule has 3 rings (SSSR count). The zero-order valence-corrected chi connectivity index (χ0v) is 16.1. The van der Waals surface area contributed by atoms with Gasteiger partial charge in [-0.1, -0.05) is 18.2 Å². The van der Waals surface area contributed by atoms with Crippen molar-refractivity contribution >= 4 is 17.5 Å². The van der Waals surface area contributed by atoms with Gasteiger partial charge in [-0.15, -0.1) is 0 Å². The van der Waals surface area contributed by atoms with E-state index >= 15 is 0 Å². The Labute approximate surface area is 175 Å². The summed E-state index contributed by atoms with van der Waals surface area (Å²) in [6.45, 7) is 1.52. The molecule has 0 aliphatic carbocycles. The minimum Gasteiger partial charge on any atom is -0.328 e. The van der Waals surface area contributed by atoms with E-state index in [1.54, 1.807) is 0 Å². The summed E-state index contributed by atoms with van der Waals surface area (Å²) in [5.74, 6) is -3.90. The van der Waals surface area contributed by atoms with E-state index in [2.05, 4.69) is 10.6 Å². The maximum absolute atomic E-state index is 13.0. The molecule has 0 saturated heterocycles. The first-order chi connectivity index (χ1) is 14.7. The summed E-state index contributed by atoms with van der Waals surface area (Å²) in [6, 6.07) is 14.1. The zero-order valence-electron chi connectivity index (χ0n) is 16.1. The number of anilines is 1. The molecule has 31 heavy (non-hydrogen) atoms. The minimum atomic E-state index is -4.60. The highest BCUT2D eigenvalue weighted by atomic mass is 19.4. The molecule has 0 bridgehead atoms. The van der Waals surface area contributed by atoms with Gasteiger partial charge in [0.2, 0.25) is 11.8 Å². The normalized spacial score (nSPS) is 18.6. The number of halogens is 3. The largest absolute Gasteiger partial charge is 0.416 e. The lowest BCUT2D eigenvalue weighted by Gasteiger charge is -2.31. The Kier molecular flexibility index (Phi) is 5.80. The second-order valence-corrected chi connectivity index (χ2v) is 6.90. The number of amides is 2.